The molecule has 3 unspecified atom stereocenters. The minimum absolute atomic E-state index is 0.00387. The van der Waals surface area contributed by atoms with Gasteiger partial charge in [0.15, 0.2) is 0 Å². The summed E-state index contributed by atoms with van der Waals surface area (Å²) >= 11 is 0. The fraction of sp³-hybridized carbons (Fsp3) is 0.882. The highest BCUT2D eigenvalue weighted by atomic mass is 16.2. The lowest BCUT2D eigenvalue weighted by Gasteiger charge is -2.49. The molecule has 1 aliphatic carbocycles. The summed E-state index contributed by atoms with van der Waals surface area (Å²) in [7, 11) is 0. The molecule has 1 aliphatic heterocycles. The monoisotopic (exact) mass is 294 g/mol. The Morgan fingerprint density at radius 1 is 1.05 bits per heavy atom. The molecule has 0 bridgehead atoms. The maximum Gasteiger partial charge on any atom is 0.249 e. The van der Waals surface area contributed by atoms with E-state index in [2.05, 4.69) is 19.2 Å². The van der Waals surface area contributed by atoms with E-state index in [9.17, 15) is 9.59 Å². The van der Waals surface area contributed by atoms with Crippen LogP contribution in [0.5, 0.6) is 0 Å². The van der Waals surface area contributed by atoms with Gasteiger partial charge in [0, 0.05) is 6.04 Å². The Labute approximate surface area is 128 Å². The number of piperazine rings is 1. The van der Waals surface area contributed by atoms with Gasteiger partial charge in [0.1, 0.15) is 11.6 Å². The van der Waals surface area contributed by atoms with Crippen molar-refractivity contribution in [3.63, 3.8) is 0 Å². The third-order valence-corrected chi connectivity index (χ3v) is 5.56. The first-order chi connectivity index (χ1) is 9.84. The van der Waals surface area contributed by atoms with Crippen LogP contribution in [0.3, 0.4) is 0 Å². The molecule has 3 atom stereocenters. The van der Waals surface area contributed by atoms with Gasteiger partial charge in [0.05, 0.1) is 0 Å². The highest BCUT2D eigenvalue weighted by Crippen LogP contribution is 2.36. The van der Waals surface area contributed by atoms with E-state index in [1.807, 2.05) is 25.7 Å². The van der Waals surface area contributed by atoms with Gasteiger partial charge >= 0.3 is 0 Å². The van der Waals surface area contributed by atoms with E-state index in [1.165, 1.54) is 6.42 Å². The summed E-state index contributed by atoms with van der Waals surface area (Å²) in [5.41, 5.74) is -0.687. The van der Waals surface area contributed by atoms with E-state index in [-0.39, 0.29) is 23.9 Å². The van der Waals surface area contributed by atoms with E-state index in [1.54, 1.807) is 0 Å². The molecule has 4 nitrogen and oxygen atoms in total. The summed E-state index contributed by atoms with van der Waals surface area (Å²) in [5.74, 6) is 1.39. The summed E-state index contributed by atoms with van der Waals surface area (Å²) in [5, 5.41) is 2.99. The van der Waals surface area contributed by atoms with Crippen molar-refractivity contribution in [1.29, 1.82) is 0 Å². The molecule has 2 rings (SSSR count). The first-order valence-corrected chi connectivity index (χ1v) is 8.49. The van der Waals surface area contributed by atoms with Gasteiger partial charge in [-0.2, -0.15) is 0 Å². The minimum atomic E-state index is -0.687. The van der Waals surface area contributed by atoms with Crippen LogP contribution >= 0.6 is 0 Å². The van der Waals surface area contributed by atoms with Gasteiger partial charge in [0.25, 0.3) is 0 Å². The fourth-order valence-corrected chi connectivity index (χ4v) is 4.29. The van der Waals surface area contributed by atoms with Crippen LogP contribution in [0.25, 0.3) is 0 Å². The molecular weight excluding hydrogens is 264 g/mol. The Morgan fingerprint density at radius 2 is 1.57 bits per heavy atom. The largest absolute Gasteiger partial charge is 0.340 e. The molecule has 120 valence electrons. The van der Waals surface area contributed by atoms with Crippen molar-refractivity contribution in [2.24, 2.45) is 11.8 Å². The van der Waals surface area contributed by atoms with Crippen molar-refractivity contribution < 1.29 is 9.59 Å². The van der Waals surface area contributed by atoms with Crippen molar-refractivity contribution in [1.82, 2.24) is 10.2 Å². The molecule has 0 aromatic carbocycles. The smallest absolute Gasteiger partial charge is 0.249 e. The van der Waals surface area contributed by atoms with Crippen LogP contribution in [0, 0.1) is 11.8 Å². The van der Waals surface area contributed by atoms with Crippen molar-refractivity contribution in [2.45, 2.75) is 84.3 Å². The molecule has 0 aromatic heterocycles. The first kappa shape index (κ1) is 16.3. The second kappa shape index (κ2) is 5.98. The normalized spacial score (nSPS) is 36.5. The van der Waals surface area contributed by atoms with Crippen molar-refractivity contribution in [3.8, 4) is 0 Å². The Bertz CT molecular complexity index is 407. The van der Waals surface area contributed by atoms with Gasteiger partial charge in [-0.05, 0) is 50.9 Å². The van der Waals surface area contributed by atoms with Gasteiger partial charge in [-0.25, -0.2) is 0 Å². The second-order valence-corrected chi connectivity index (χ2v) is 7.24. The highest BCUT2D eigenvalue weighted by molar-refractivity contribution is 5.99. The molecule has 1 N–H and O–H groups in total. The van der Waals surface area contributed by atoms with E-state index in [0.29, 0.717) is 24.7 Å². The zero-order chi connectivity index (χ0) is 15.8. The van der Waals surface area contributed by atoms with Crippen LogP contribution in [-0.2, 0) is 9.59 Å². The third kappa shape index (κ3) is 2.82. The lowest BCUT2D eigenvalue weighted by molar-refractivity contribution is -0.159. The third-order valence-electron chi connectivity index (χ3n) is 5.56. The summed E-state index contributed by atoms with van der Waals surface area (Å²) < 4.78 is 0. The van der Waals surface area contributed by atoms with Crippen LogP contribution < -0.4 is 5.32 Å². The fourth-order valence-electron chi connectivity index (χ4n) is 4.29. The van der Waals surface area contributed by atoms with Gasteiger partial charge < -0.3 is 10.2 Å². The molecular formula is C17H30N2O2. The molecule has 0 radical (unpaired) electrons. The first-order valence-electron chi connectivity index (χ1n) is 8.49. The summed E-state index contributed by atoms with van der Waals surface area (Å²) in [6.45, 7) is 10.4. The lowest BCUT2D eigenvalue weighted by atomic mass is 9.77. The van der Waals surface area contributed by atoms with Crippen LogP contribution in [0.2, 0.25) is 0 Å². The minimum Gasteiger partial charge on any atom is -0.340 e. The zero-order valence-electron chi connectivity index (χ0n) is 14.1. The molecule has 2 amide bonds. The number of hydrogen-bond donors (Lipinski definition) is 1. The van der Waals surface area contributed by atoms with Gasteiger partial charge in [-0.15, -0.1) is 0 Å². The molecule has 1 saturated heterocycles. The van der Waals surface area contributed by atoms with Crippen LogP contribution in [-0.4, -0.2) is 34.3 Å². The second-order valence-electron chi connectivity index (χ2n) is 7.24. The number of rotatable bonds is 3. The zero-order valence-corrected chi connectivity index (χ0v) is 14.1. The van der Waals surface area contributed by atoms with Crippen molar-refractivity contribution in [3.05, 3.63) is 0 Å². The number of carbonyl (C=O) groups is 2. The predicted molar refractivity (Wildman–Crippen MR) is 83.7 cm³/mol. The molecule has 0 spiro atoms. The SMILES string of the molecule is CCC1(CC)NC(=O)C(C)N(C2CC(C)CC(C)C2)C1=O. The number of nitrogens with one attached hydrogen (secondary N) is 1. The van der Waals surface area contributed by atoms with Crippen LogP contribution in [0.1, 0.15) is 66.7 Å². The Morgan fingerprint density at radius 3 is 2.05 bits per heavy atom. The topological polar surface area (TPSA) is 49.4 Å². The average Bonchev–Trinajstić information content (AvgIpc) is 2.42. The molecule has 21 heavy (non-hydrogen) atoms. The van der Waals surface area contributed by atoms with Crippen molar-refractivity contribution >= 4 is 11.8 Å². The Balaban J connectivity index is 2.30. The predicted octanol–water partition coefficient (Wildman–Crippen LogP) is 2.72. The summed E-state index contributed by atoms with van der Waals surface area (Å²) in [6.07, 6.45) is 4.60. The quantitative estimate of drug-likeness (QED) is 0.870. The standard InChI is InChI=1S/C17H30N2O2/c1-6-17(7-2)16(21)19(13(5)15(20)18-17)14-9-11(3)8-12(4)10-14/h11-14H,6-10H2,1-5H3,(H,18,20). The molecule has 1 heterocycles. The Hall–Kier alpha value is -1.06. The highest BCUT2D eigenvalue weighted by Gasteiger charge is 2.50. The molecule has 2 aliphatic rings. The molecule has 4 heteroatoms. The number of carbonyl (C=O) groups excluding carboxylic acids is 2. The number of hydrogen-bond acceptors (Lipinski definition) is 2. The molecule has 0 aromatic rings. The van der Waals surface area contributed by atoms with Crippen molar-refractivity contribution in [2.75, 3.05) is 0 Å². The lowest BCUT2D eigenvalue weighted by Crippen LogP contribution is -2.71. The Kier molecular flexibility index (Phi) is 4.64. The van der Waals surface area contributed by atoms with E-state index in [4.69, 9.17) is 0 Å². The average molecular weight is 294 g/mol. The number of amides is 2. The van der Waals surface area contributed by atoms with E-state index in [0.717, 1.165) is 12.8 Å². The van der Waals surface area contributed by atoms with E-state index >= 15 is 0 Å². The maximum absolute atomic E-state index is 13.1. The van der Waals surface area contributed by atoms with Gasteiger partial charge in [0.2, 0.25) is 11.8 Å². The summed E-state index contributed by atoms with van der Waals surface area (Å²) in [4.78, 5) is 27.4. The summed E-state index contributed by atoms with van der Waals surface area (Å²) in [6, 6.07) is -0.124. The maximum atomic E-state index is 13.1. The van der Waals surface area contributed by atoms with Crippen LogP contribution in [0.4, 0.5) is 0 Å². The van der Waals surface area contributed by atoms with Gasteiger partial charge in [-0.3, -0.25) is 9.59 Å². The van der Waals surface area contributed by atoms with Crippen LogP contribution in [0.15, 0.2) is 0 Å². The van der Waals surface area contributed by atoms with E-state index < -0.39 is 5.54 Å². The molecule has 2 fully saturated rings. The molecule has 1 saturated carbocycles. The number of nitrogens with zero attached hydrogens (tertiary/aromatic N) is 1. The van der Waals surface area contributed by atoms with Gasteiger partial charge in [-0.1, -0.05) is 27.7 Å².